The molecule has 1 aromatic heterocycles. The van der Waals surface area contributed by atoms with Crippen LogP contribution in [0.1, 0.15) is 25.0 Å². The molecule has 0 aromatic carbocycles. The van der Waals surface area contributed by atoms with Crippen molar-refractivity contribution >= 4 is 0 Å². The summed E-state index contributed by atoms with van der Waals surface area (Å²) in [5, 5.41) is 0. The summed E-state index contributed by atoms with van der Waals surface area (Å²) in [6.45, 7) is 8.04. The van der Waals surface area contributed by atoms with E-state index in [9.17, 15) is 0 Å². The lowest BCUT2D eigenvalue weighted by molar-refractivity contribution is 0.226. The number of hydrogen-bond donors (Lipinski definition) is 0. The lowest BCUT2D eigenvalue weighted by Gasteiger charge is -2.29. The summed E-state index contributed by atoms with van der Waals surface area (Å²) in [5.41, 5.74) is 2.90. The Bertz CT molecular complexity index is 307. The van der Waals surface area contributed by atoms with Gasteiger partial charge in [0.25, 0.3) is 0 Å². The van der Waals surface area contributed by atoms with Crippen molar-refractivity contribution in [1.29, 1.82) is 0 Å². The fraction of sp³-hybridized carbons (Fsp3) is 0.583. The zero-order chi connectivity index (χ0) is 9.97. The van der Waals surface area contributed by atoms with Gasteiger partial charge in [-0.1, -0.05) is 13.8 Å². The summed E-state index contributed by atoms with van der Waals surface area (Å²) in [6.07, 6.45) is 5.10. The number of pyridine rings is 1. The van der Waals surface area contributed by atoms with Gasteiger partial charge in [-0.25, -0.2) is 0 Å². The van der Waals surface area contributed by atoms with Crippen LogP contribution in [0.3, 0.4) is 0 Å². The minimum Gasteiger partial charge on any atom is -0.298 e. The molecule has 0 spiro atoms. The predicted octanol–water partition coefficient (Wildman–Crippen LogP) is 2.10. The first-order chi connectivity index (χ1) is 6.75. The highest BCUT2D eigenvalue weighted by Crippen LogP contribution is 2.17. The van der Waals surface area contributed by atoms with Crippen molar-refractivity contribution in [1.82, 2.24) is 9.88 Å². The van der Waals surface area contributed by atoms with Gasteiger partial charge >= 0.3 is 0 Å². The molecule has 2 heteroatoms. The first kappa shape index (κ1) is 9.66. The lowest BCUT2D eigenvalue weighted by atomic mass is 10.0. The van der Waals surface area contributed by atoms with E-state index in [1.54, 1.807) is 0 Å². The first-order valence-corrected chi connectivity index (χ1v) is 5.40. The Kier molecular flexibility index (Phi) is 2.82. The Morgan fingerprint density at radius 3 is 3.07 bits per heavy atom. The Morgan fingerprint density at radius 2 is 2.29 bits per heavy atom. The minimum absolute atomic E-state index is 0.758. The molecule has 2 heterocycles. The molecule has 0 fully saturated rings. The fourth-order valence-corrected chi connectivity index (χ4v) is 2.11. The van der Waals surface area contributed by atoms with E-state index in [1.807, 2.05) is 12.4 Å². The molecule has 76 valence electrons. The van der Waals surface area contributed by atoms with Crippen molar-refractivity contribution in [3.8, 4) is 0 Å². The zero-order valence-corrected chi connectivity index (χ0v) is 9.03. The normalized spacial score (nSPS) is 17.1. The molecule has 0 atom stereocenters. The topological polar surface area (TPSA) is 16.1 Å². The molecule has 1 aliphatic rings. The molecule has 0 unspecified atom stereocenters. The predicted molar refractivity (Wildman–Crippen MR) is 58.1 cm³/mol. The molecule has 1 aromatic rings. The Hall–Kier alpha value is -0.890. The van der Waals surface area contributed by atoms with Crippen LogP contribution in [0, 0.1) is 5.92 Å². The van der Waals surface area contributed by atoms with Crippen LogP contribution in [0.2, 0.25) is 0 Å². The van der Waals surface area contributed by atoms with Gasteiger partial charge in [0.2, 0.25) is 0 Å². The Balaban J connectivity index is 2.06. The van der Waals surface area contributed by atoms with Crippen LogP contribution in [0.15, 0.2) is 18.5 Å². The first-order valence-electron chi connectivity index (χ1n) is 5.40. The minimum atomic E-state index is 0.758. The molecule has 0 amide bonds. The second-order valence-electron chi connectivity index (χ2n) is 4.52. The highest BCUT2D eigenvalue weighted by Gasteiger charge is 2.16. The SMILES string of the molecule is CC(C)CN1CCc2ccncc2C1. The van der Waals surface area contributed by atoms with Gasteiger partial charge < -0.3 is 0 Å². The van der Waals surface area contributed by atoms with Crippen LogP contribution in [-0.4, -0.2) is 23.0 Å². The van der Waals surface area contributed by atoms with E-state index in [2.05, 4.69) is 29.8 Å². The van der Waals surface area contributed by atoms with Crippen molar-refractivity contribution < 1.29 is 0 Å². The van der Waals surface area contributed by atoms with Gasteiger partial charge in [0.1, 0.15) is 0 Å². The summed E-state index contributed by atoms with van der Waals surface area (Å²) < 4.78 is 0. The largest absolute Gasteiger partial charge is 0.298 e. The Morgan fingerprint density at radius 1 is 1.43 bits per heavy atom. The third-order valence-electron chi connectivity index (χ3n) is 2.72. The molecule has 0 bridgehead atoms. The number of rotatable bonds is 2. The van der Waals surface area contributed by atoms with Crippen LogP contribution < -0.4 is 0 Å². The maximum absolute atomic E-state index is 4.18. The van der Waals surface area contributed by atoms with Gasteiger partial charge in [-0.15, -0.1) is 0 Å². The van der Waals surface area contributed by atoms with Crippen molar-refractivity contribution in [3.05, 3.63) is 29.6 Å². The van der Waals surface area contributed by atoms with E-state index in [0.29, 0.717) is 0 Å². The van der Waals surface area contributed by atoms with Crippen LogP contribution in [0.25, 0.3) is 0 Å². The average molecular weight is 190 g/mol. The maximum atomic E-state index is 4.18. The summed E-state index contributed by atoms with van der Waals surface area (Å²) >= 11 is 0. The maximum Gasteiger partial charge on any atom is 0.0315 e. The molecular formula is C12H18N2. The van der Waals surface area contributed by atoms with Crippen LogP contribution in [-0.2, 0) is 13.0 Å². The van der Waals surface area contributed by atoms with Gasteiger partial charge in [0.15, 0.2) is 0 Å². The molecule has 0 saturated heterocycles. The average Bonchev–Trinajstić information content (AvgIpc) is 2.17. The standard InChI is InChI=1S/C12H18N2/c1-10(2)8-14-6-4-11-3-5-13-7-12(11)9-14/h3,5,7,10H,4,6,8-9H2,1-2H3. The Labute approximate surface area is 86.0 Å². The van der Waals surface area contributed by atoms with Gasteiger partial charge in [-0.05, 0) is 29.5 Å². The van der Waals surface area contributed by atoms with Crippen LogP contribution >= 0.6 is 0 Å². The van der Waals surface area contributed by atoms with Crippen LogP contribution in [0.5, 0.6) is 0 Å². The second kappa shape index (κ2) is 4.09. The van der Waals surface area contributed by atoms with E-state index in [0.717, 1.165) is 12.5 Å². The molecule has 1 aliphatic heterocycles. The molecule has 0 aliphatic carbocycles. The van der Waals surface area contributed by atoms with Crippen LogP contribution in [0.4, 0.5) is 0 Å². The van der Waals surface area contributed by atoms with Crippen molar-refractivity contribution in [2.45, 2.75) is 26.8 Å². The quantitative estimate of drug-likeness (QED) is 0.710. The summed E-state index contributed by atoms with van der Waals surface area (Å²) in [5.74, 6) is 0.758. The molecule has 0 saturated carbocycles. The smallest absolute Gasteiger partial charge is 0.0315 e. The van der Waals surface area contributed by atoms with Gasteiger partial charge in [-0.2, -0.15) is 0 Å². The van der Waals surface area contributed by atoms with E-state index in [4.69, 9.17) is 0 Å². The van der Waals surface area contributed by atoms with E-state index in [-0.39, 0.29) is 0 Å². The molecule has 0 N–H and O–H groups in total. The van der Waals surface area contributed by atoms with Gasteiger partial charge in [0, 0.05) is 32.0 Å². The molecule has 2 nitrogen and oxygen atoms in total. The second-order valence-corrected chi connectivity index (χ2v) is 4.52. The monoisotopic (exact) mass is 190 g/mol. The molecule has 2 rings (SSSR count). The summed E-state index contributed by atoms with van der Waals surface area (Å²) in [6, 6.07) is 2.15. The van der Waals surface area contributed by atoms with Crippen molar-refractivity contribution in [3.63, 3.8) is 0 Å². The summed E-state index contributed by atoms with van der Waals surface area (Å²) in [4.78, 5) is 6.71. The van der Waals surface area contributed by atoms with E-state index < -0.39 is 0 Å². The number of hydrogen-bond acceptors (Lipinski definition) is 2. The number of nitrogens with zero attached hydrogens (tertiary/aromatic N) is 2. The summed E-state index contributed by atoms with van der Waals surface area (Å²) in [7, 11) is 0. The van der Waals surface area contributed by atoms with E-state index >= 15 is 0 Å². The highest BCUT2D eigenvalue weighted by atomic mass is 15.1. The highest BCUT2D eigenvalue weighted by molar-refractivity contribution is 5.25. The number of aromatic nitrogens is 1. The third kappa shape index (κ3) is 2.13. The molecular weight excluding hydrogens is 172 g/mol. The number of fused-ring (bicyclic) bond motifs is 1. The molecule has 0 radical (unpaired) electrons. The zero-order valence-electron chi connectivity index (χ0n) is 9.03. The van der Waals surface area contributed by atoms with Crippen molar-refractivity contribution in [2.75, 3.05) is 13.1 Å². The lowest BCUT2D eigenvalue weighted by Crippen LogP contribution is -2.33. The van der Waals surface area contributed by atoms with Gasteiger partial charge in [0.05, 0.1) is 0 Å². The molecule has 14 heavy (non-hydrogen) atoms. The van der Waals surface area contributed by atoms with E-state index in [1.165, 1.54) is 30.6 Å². The van der Waals surface area contributed by atoms with Crippen molar-refractivity contribution in [2.24, 2.45) is 5.92 Å². The van der Waals surface area contributed by atoms with Gasteiger partial charge in [-0.3, -0.25) is 9.88 Å². The fourth-order valence-electron chi connectivity index (χ4n) is 2.11. The third-order valence-corrected chi connectivity index (χ3v) is 2.72.